The van der Waals surface area contributed by atoms with E-state index in [-0.39, 0.29) is 5.56 Å². The molecule has 4 aromatic carbocycles. The zero-order valence-electron chi connectivity index (χ0n) is 18.4. The predicted octanol–water partition coefficient (Wildman–Crippen LogP) is 7.76. The highest BCUT2D eigenvalue weighted by Gasteiger charge is 2.24. The van der Waals surface area contributed by atoms with E-state index in [2.05, 4.69) is 23.2 Å². The molecule has 0 saturated heterocycles. The Hall–Kier alpha value is -4.95. The Labute approximate surface area is 199 Å². The number of para-hydroxylation sites is 3. The Morgan fingerprint density at radius 1 is 0.771 bits per heavy atom. The molecule has 35 heavy (non-hydrogen) atoms. The first-order valence-electron chi connectivity index (χ1n) is 11.2. The van der Waals surface area contributed by atoms with E-state index < -0.39 is 5.82 Å². The Morgan fingerprint density at radius 2 is 1.46 bits per heavy atom. The monoisotopic (exact) mass is 453 g/mol. The summed E-state index contributed by atoms with van der Waals surface area (Å²) in [5.74, 6) is -0.488. The van der Waals surface area contributed by atoms with Crippen LogP contribution in [0.3, 0.4) is 0 Å². The molecule has 0 atom stereocenters. The number of halogens is 1. The Bertz CT molecular complexity index is 1920. The minimum absolute atomic E-state index is 0.208. The average molecular weight is 453 g/mol. The Balaban J connectivity index is 1.69. The van der Waals surface area contributed by atoms with Crippen LogP contribution in [0.1, 0.15) is 5.56 Å². The number of nitriles is 1. The van der Waals surface area contributed by atoms with Crippen LogP contribution in [0, 0.1) is 17.1 Å². The number of rotatable bonds is 2. The molecule has 5 heteroatoms. The lowest BCUT2D eigenvalue weighted by Crippen LogP contribution is -1.99. The largest absolute Gasteiger partial charge is 0.453 e. The fourth-order valence-corrected chi connectivity index (χ4v) is 5.11. The van der Waals surface area contributed by atoms with Crippen LogP contribution in [0.15, 0.2) is 102 Å². The number of aromatic nitrogens is 2. The van der Waals surface area contributed by atoms with Crippen molar-refractivity contribution in [1.29, 1.82) is 5.26 Å². The van der Waals surface area contributed by atoms with Gasteiger partial charge in [-0.15, -0.1) is 0 Å². The van der Waals surface area contributed by atoms with Crippen molar-refractivity contribution < 1.29 is 8.81 Å². The minimum Gasteiger partial charge on any atom is -0.453 e. The van der Waals surface area contributed by atoms with Gasteiger partial charge in [-0.2, -0.15) is 5.26 Å². The van der Waals surface area contributed by atoms with Crippen molar-refractivity contribution in [3.8, 4) is 23.0 Å². The van der Waals surface area contributed by atoms with Gasteiger partial charge < -0.3 is 8.98 Å². The molecule has 0 N–H and O–H groups in total. The lowest BCUT2D eigenvalue weighted by Gasteiger charge is -2.11. The van der Waals surface area contributed by atoms with Crippen LogP contribution in [0.5, 0.6) is 0 Å². The van der Waals surface area contributed by atoms with E-state index in [4.69, 9.17) is 4.42 Å². The van der Waals surface area contributed by atoms with E-state index in [1.165, 1.54) is 6.07 Å². The summed E-state index contributed by atoms with van der Waals surface area (Å²) in [6.07, 6.45) is 1.72. The summed E-state index contributed by atoms with van der Waals surface area (Å²) in [4.78, 5) is 4.47. The molecule has 3 aromatic heterocycles. The van der Waals surface area contributed by atoms with E-state index in [1.807, 2.05) is 77.4 Å². The van der Waals surface area contributed by atoms with Gasteiger partial charge in [-0.1, -0.05) is 54.6 Å². The molecule has 0 radical (unpaired) electrons. The summed E-state index contributed by atoms with van der Waals surface area (Å²) >= 11 is 0. The van der Waals surface area contributed by atoms with Crippen molar-refractivity contribution in [2.45, 2.75) is 0 Å². The summed E-state index contributed by atoms with van der Waals surface area (Å²) < 4.78 is 24.0. The molecule has 0 aliphatic heterocycles. The molecule has 0 bridgehead atoms. The second-order valence-corrected chi connectivity index (χ2v) is 8.44. The van der Waals surface area contributed by atoms with Crippen LogP contribution in [-0.4, -0.2) is 9.55 Å². The fourth-order valence-electron chi connectivity index (χ4n) is 5.11. The quantitative estimate of drug-likeness (QED) is 0.269. The van der Waals surface area contributed by atoms with E-state index >= 15 is 4.39 Å². The van der Waals surface area contributed by atoms with Crippen LogP contribution in [0.4, 0.5) is 4.39 Å². The Morgan fingerprint density at radius 3 is 2.14 bits per heavy atom. The second kappa shape index (κ2) is 7.28. The lowest BCUT2D eigenvalue weighted by molar-refractivity contribution is 0.632. The van der Waals surface area contributed by atoms with Gasteiger partial charge >= 0.3 is 0 Å². The van der Waals surface area contributed by atoms with Crippen LogP contribution in [0.25, 0.3) is 60.7 Å². The van der Waals surface area contributed by atoms with Crippen LogP contribution >= 0.6 is 0 Å². The van der Waals surface area contributed by atoms with Gasteiger partial charge in [0.05, 0.1) is 27.7 Å². The molecule has 164 valence electrons. The van der Waals surface area contributed by atoms with Crippen molar-refractivity contribution >= 4 is 43.7 Å². The Kier molecular flexibility index (Phi) is 4.06. The standard InChI is InChI=1S/C30H16FN3O/c31-23-16-18(17-32)28(34-25-13-3-1-8-19(25)20-9-2-4-14-26(20)34)30-27(23)22-11-7-10-21(29(22)35-30)24-12-5-6-15-33-24/h1-16H. The SMILES string of the molecule is N#Cc1cc(F)c2c(oc3c(-c4ccccn4)cccc32)c1-n1c2ccccc2c2ccccc21. The molecule has 0 aliphatic rings. The van der Waals surface area contributed by atoms with E-state index in [9.17, 15) is 5.26 Å². The molecular formula is C30H16FN3O. The highest BCUT2D eigenvalue weighted by Crippen LogP contribution is 2.42. The summed E-state index contributed by atoms with van der Waals surface area (Å²) in [6, 6.07) is 30.8. The van der Waals surface area contributed by atoms with Crippen molar-refractivity contribution in [3.63, 3.8) is 0 Å². The maximum Gasteiger partial charge on any atom is 0.163 e. The molecule has 0 saturated carbocycles. The van der Waals surface area contributed by atoms with Gasteiger partial charge in [0.25, 0.3) is 0 Å². The van der Waals surface area contributed by atoms with Gasteiger partial charge in [-0.25, -0.2) is 4.39 Å². The van der Waals surface area contributed by atoms with E-state index in [0.717, 1.165) is 33.1 Å². The third-order valence-corrected chi connectivity index (χ3v) is 6.56. The molecule has 0 aliphatic carbocycles. The molecule has 7 aromatic rings. The molecule has 4 nitrogen and oxygen atoms in total. The highest BCUT2D eigenvalue weighted by atomic mass is 19.1. The average Bonchev–Trinajstić information content (AvgIpc) is 3.46. The first-order valence-corrected chi connectivity index (χ1v) is 11.2. The third-order valence-electron chi connectivity index (χ3n) is 6.56. The van der Waals surface area contributed by atoms with Crippen LogP contribution in [0.2, 0.25) is 0 Å². The summed E-state index contributed by atoms with van der Waals surface area (Å²) in [6.45, 7) is 0. The summed E-state index contributed by atoms with van der Waals surface area (Å²) in [7, 11) is 0. The lowest BCUT2D eigenvalue weighted by atomic mass is 10.0. The first kappa shape index (κ1) is 19.5. The van der Waals surface area contributed by atoms with Gasteiger partial charge in [0.15, 0.2) is 5.58 Å². The number of nitrogens with zero attached hydrogens (tertiary/aromatic N) is 3. The van der Waals surface area contributed by atoms with Crippen molar-refractivity contribution in [3.05, 3.63) is 109 Å². The number of hydrogen-bond donors (Lipinski definition) is 0. The minimum atomic E-state index is -0.488. The van der Waals surface area contributed by atoms with Crippen molar-refractivity contribution in [2.24, 2.45) is 0 Å². The zero-order valence-corrected chi connectivity index (χ0v) is 18.4. The molecule has 0 unspecified atom stereocenters. The van der Waals surface area contributed by atoms with Gasteiger partial charge in [0.2, 0.25) is 0 Å². The smallest absolute Gasteiger partial charge is 0.163 e. The normalized spacial score (nSPS) is 11.5. The molecule has 0 fully saturated rings. The predicted molar refractivity (Wildman–Crippen MR) is 136 cm³/mol. The number of benzene rings is 4. The number of pyridine rings is 1. The number of hydrogen-bond acceptors (Lipinski definition) is 3. The zero-order chi connectivity index (χ0) is 23.5. The molecule has 3 heterocycles. The van der Waals surface area contributed by atoms with Gasteiger partial charge in [-0.05, 0) is 36.4 Å². The fraction of sp³-hybridized carbons (Fsp3) is 0. The molecule has 7 rings (SSSR count). The second-order valence-electron chi connectivity index (χ2n) is 8.44. The summed E-state index contributed by atoms with van der Waals surface area (Å²) in [5, 5.41) is 13.2. The molecular weight excluding hydrogens is 437 g/mol. The topological polar surface area (TPSA) is 54.8 Å². The van der Waals surface area contributed by atoms with E-state index in [0.29, 0.717) is 27.6 Å². The first-order chi connectivity index (χ1) is 17.3. The van der Waals surface area contributed by atoms with Crippen molar-refractivity contribution in [2.75, 3.05) is 0 Å². The number of furan rings is 1. The maximum atomic E-state index is 15.5. The van der Waals surface area contributed by atoms with Gasteiger partial charge in [0, 0.05) is 27.9 Å². The summed E-state index contributed by atoms with van der Waals surface area (Å²) in [5.41, 5.74) is 4.96. The molecule has 0 spiro atoms. The van der Waals surface area contributed by atoms with Gasteiger partial charge in [0.1, 0.15) is 23.2 Å². The third kappa shape index (κ3) is 2.68. The molecule has 0 amide bonds. The van der Waals surface area contributed by atoms with E-state index in [1.54, 1.807) is 6.20 Å². The van der Waals surface area contributed by atoms with Crippen molar-refractivity contribution in [1.82, 2.24) is 9.55 Å². The number of fused-ring (bicyclic) bond motifs is 6. The van der Waals surface area contributed by atoms with Crippen LogP contribution < -0.4 is 0 Å². The highest BCUT2D eigenvalue weighted by molar-refractivity contribution is 6.15. The maximum absolute atomic E-state index is 15.5. The van der Waals surface area contributed by atoms with Gasteiger partial charge in [-0.3, -0.25) is 4.98 Å². The van der Waals surface area contributed by atoms with Crippen LogP contribution in [-0.2, 0) is 0 Å².